The van der Waals surface area contributed by atoms with Crippen molar-refractivity contribution in [3.8, 4) is 0 Å². The highest BCUT2D eigenvalue weighted by atomic mass is 19.4. The first-order chi connectivity index (χ1) is 7.23. The first-order valence-corrected chi connectivity index (χ1v) is 4.28. The second-order valence-electron chi connectivity index (χ2n) is 3.25. The summed E-state index contributed by atoms with van der Waals surface area (Å²) >= 11 is 0. The van der Waals surface area contributed by atoms with Crippen molar-refractivity contribution in [1.29, 1.82) is 0 Å². The molecule has 1 amide bonds. The number of rotatable bonds is 2. The van der Waals surface area contributed by atoms with Gasteiger partial charge in [-0.05, 0) is 6.07 Å². The second-order valence-corrected chi connectivity index (χ2v) is 3.25. The summed E-state index contributed by atoms with van der Waals surface area (Å²) in [5.74, 6) is -0.767. The summed E-state index contributed by atoms with van der Waals surface area (Å²) in [6, 6.07) is 1.72. The van der Waals surface area contributed by atoms with Gasteiger partial charge in [-0.2, -0.15) is 13.2 Å². The number of halogens is 3. The van der Waals surface area contributed by atoms with Crippen LogP contribution in [0.4, 0.5) is 13.2 Å². The van der Waals surface area contributed by atoms with Crippen LogP contribution in [-0.4, -0.2) is 10.5 Å². The summed E-state index contributed by atoms with van der Waals surface area (Å²) < 4.78 is 37.6. The fraction of sp³-hybridized carbons (Fsp3) is 0.333. The Morgan fingerprint density at radius 2 is 2.00 bits per heavy atom. The molecule has 16 heavy (non-hydrogen) atoms. The zero-order valence-corrected chi connectivity index (χ0v) is 8.34. The summed E-state index contributed by atoms with van der Waals surface area (Å²) in [4.78, 5) is 22.0. The van der Waals surface area contributed by atoms with Crippen LogP contribution < -0.4 is 11.3 Å². The van der Waals surface area contributed by atoms with Gasteiger partial charge in [-0.3, -0.25) is 9.59 Å². The number of hydrogen-bond acceptors (Lipinski definition) is 2. The molecular weight excluding hydrogens is 225 g/mol. The Kier molecular flexibility index (Phi) is 3.06. The molecule has 0 aliphatic heterocycles. The minimum absolute atomic E-state index is 0.0528. The van der Waals surface area contributed by atoms with Gasteiger partial charge in [-0.1, -0.05) is 6.07 Å². The summed E-state index contributed by atoms with van der Waals surface area (Å²) in [6.07, 6.45) is -4.97. The Morgan fingerprint density at radius 1 is 1.44 bits per heavy atom. The van der Waals surface area contributed by atoms with Crippen molar-refractivity contribution in [2.24, 2.45) is 12.8 Å². The van der Waals surface area contributed by atoms with Crippen molar-refractivity contribution < 1.29 is 18.0 Å². The van der Waals surface area contributed by atoms with Crippen molar-refractivity contribution >= 4 is 5.91 Å². The predicted molar refractivity (Wildman–Crippen MR) is 49.6 cm³/mol. The number of alkyl halides is 3. The van der Waals surface area contributed by atoms with Gasteiger partial charge in [0.1, 0.15) is 5.69 Å². The summed E-state index contributed by atoms with van der Waals surface area (Å²) in [5.41, 5.74) is 2.87. The zero-order chi connectivity index (χ0) is 12.5. The highest BCUT2D eigenvalue weighted by Gasteiger charge is 2.33. The number of nitrogens with two attached hydrogens (primary N) is 1. The lowest BCUT2D eigenvalue weighted by molar-refractivity contribution is -0.143. The Labute approximate surface area is 88.5 Å². The van der Waals surface area contributed by atoms with E-state index in [0.717, 1.165) is 19.2 Å². The normalized spacial score (nSPS) is 11.5. The third-order valence-corrected chi connectivity index (χ3v) is 2.04. The van der Waals surface area contributed by atoms with E-state index in [0.29, 0.717) is 4.57 Å². The molecule has 1 aromatic heterocycles. The molecule has 1 rings (SSSR count). The molecule has 0 aromatic carbocycles. The lowest BCUT2D eigenvalue weighted by Crippen LogP contribution is -2.30. The van der Waals surface area contributed by atoms with Crippen LogP contribution in [0.1, 0.15) is 11.3 Å². The van der Waals surface area contributed by atoms with Gasteiger partial charge < -0.3 is 10.3 Å². The second kappa shape index (κ2) is 3.99. The molecule has 2 N–H and O–H groups in total. The fourth-order valence-corrected chi connectivity index (χ4v) is 1.29. The van der Waals surface area contributed by atoms with Crippen LogP contribution in [-0.2, 0) is 24.4 Å². The largest absolute Gasteiger partial charge is 0.431 e. The number of primary amides is 1. The average Bonchev–Trinajstić information content (AvgIpc) is 2.10. The highest BCUT2D eigenvalue weighted by Crippen LogP contribution is 2.27. The Bertz CT molecular complexity index is 477. The number of pyridine rings is 1. The van der Waals surface area contributed by atoms with Gasteiger partial charge in [0.25, 0.3) is 5.56 Å². The molecule has 4 nitrogen and oxygen atoms in total. The molecule has 0 aliphatic rings. The van der Waals surface area contributed by atoms with Gasteiger partial charge in [-0.25, -0.2) is 0 Å². The minimum atomic E-state index is -4.60. The van der Waals surface area contributed by atoms with Crippen LogP contribution in [0.5, 0.6) is 0 Å². The van der Waals surface area contributed by atoms with Crippen molar-refractivity contribution in [2.75, 3.05) is 0 Å². The molecule has 1 heterocycles. The molecule has 0 saturated heterocycles. The molecule has 7 heteroatoms. The number of carbonyl (C=O) groups excluding carboxylic acids is 1. The SMILES string of the molecule is Cn1c(C(F)(F)F)ccc(CC(N)=O)c1=O. The summed E-state index contributed by atoms with van der Waals surface area (Å²) in [6.45, 7) is 0. The number of carbonyl (C=O) groups is 1. The number of aromatic nitrogens is 1. The van der Waals surface area contributed by atoms with E-state index < -0.39 is 23.3 Å². The predicted octanol–water partition coefficient (Wildman–Crippen LogP) is 0.432. The van der Waals surface area contributed by atoms with E-state index in [-0.39, 0.29) is 12.0 Å². The lowest BCUT2D eigenvalue weighted by atomic mass is 10.1. The van der Waals surface area contributed by atoms with E-state index in [1.54, 1.807) is 0 Å². The maximum atomic E-state index is 12.4. The third kappa shape index (κ3) is 2.41. The molecule has 0 aliphatic carbocycles. The molecule has 0 fully saturated rings. The van der Waals surface area contributed by atoms with Crippen LogP contribution in [0.15, 0.2) is 16.9 Å². The molecule has 0 saturated carbocycles. The topological polar surface area (TPSA) is 65.1 Å². The van der Waals surface area contributed by atoms with E-state index >= 15 is 0 Å². The summed E-state index contributed by atoms with van der Waals surface area (Å²) in [7, 11) is 0.996. The van der Waals surface area contributed by atoms with Gasteiger partial charge in [0, 0.05) is 12.6 Å². The van der Waals surface area contributed by atoms with Gasteiger partial charge in [0.2, 0.25) is 5.91 Å². The maximum Gasteiger partial charge on any atom is 0.431 e. The molecule has 0 radical (unpaired) electrons. The van der Waals surface area contributed by atoms with E-state index in [9.17, 15) is 22.8 Å². The quantitative estimate of drug-likeness (QED) is 0.806. The molecule has 0 spiro atoms. The Balaban J connectivity index is 3.30. The average molecular weight is 234 g/mol. The maximum absolute atomic E-state index is 12.4. The molecule has 0 unspecified atom stereocenters. The van der Waals surface area contributed by atoms with Crippen molar-refractivity contribution in [2.45, 2.75) is 12.6 Å². The van der Waals surface area contributed by atoms with Gasteiger partial charge in [-0.15, -0.1) is 0 Å². The van der Waals surface area contributed by atoms with Crippen LogP contribution in [0, 0.1) is 0 Å². The van der Waals surface area contributed by atoms with Gasteiger partial charge in [0.05, 0.1) is 6.42 Å². The summed E-state index contributed by atoms with van der Waals surface area (Å²) in [5, 5.41) is 0. The lowest BCUT2D eigenvalue weighted by Gasteiger charge is -2.12. The molecule has 1 aromatic rings. The van der Waals surface area contributed by atoms with Crippen LogP contribution in [0.3, 0.4) is 0 Å². The van der Waals surface area contributed by atoms with Crippen LogP contribution in [0.25, 0.3) is 0 Å². The van der Waals surface area contributed by atoms with Crippen molar-refractivity contribution in [3.63, 3.8) is 0 Å². The fourth-order valence-electron chi connectivity index (χ4n) is 1.29. The Hall–Kier alpha value is -1.79. The molecule has 0 bridgehead atoms. The minimum Gasteiger partial charge on any atom is -0.369 e. The molecule has 88 valence electrons. The highest BCUT2D eigenvalue weighted by molar-refractivity contribution is 5.76. The van der Waals surface area contributed by atoms with E-state index in [2.05, 4.69) is 0 Å². The molecule has 0 atom stereocenters. The standard InChI is InChI=1S/C9H9F3N2O2/c1-14-6(9(10,11)12)3-2-5(8(14)16)4-7(13)15/h2-3H,4H2,1H3,(H2,13,15). The number of hydrogen-bond donors (Lipinski definition) is 1. The first kappa shape index (κ1) is 12.3. The number of nitrogens with zero attached hydrogens (tertiary/aromatic N) is 1. The molecular formula is C9H9F3N2O2. The van der Waals surface area contributed by atoms with Crippen molar-refractivity contribution in [3.05, 3.63) is 33.7 Å². The van der Waals surface area contributed by atoms with E-state index in [1.165, 1.54) is 0 Å². The van der Waals surface area contributed by atoms with E-state index in [4.69, 9.17) is 5.73 Å². The first-order valence-electron chi connectivity index (χ1n) is 4.28. The van der Waals surface area contributed by atoms with Gasteiger partial charge >= 0.3 is 6.18 Å². The van der Waals surface area contributed by atoms with Crippen molar-refractivity contribution in [1.82, 2.24) is 4.57 Å². The monoisotopic (exact) mass is 234 g/mol. The van der Waals surface area contributed by atoms with Crippen LogP contribution in [0.2, 0.25) is 0 Å². The smallest absolute Gasteiger partial charge is 0.369 e. The number of amides is 1. The van der Waals surface area contributed by atoms with Crippen LogP contribution >= 0.6 is 0 Å². The third-order valence-electron chi connectivity index (χ3n) is 2.04. The van der Waals surface area contributed by atoms with Gasteiger partial charge in [0.15, 0.2) is 0 Å². The van der Waals surface area contributed by atoms with E-state index in [1.807, 2.05) is 0 Å². The zero-order valence-electron chi connectivity index (χ0n) is 8.34. The Morgan fingerprint density at radius 3 is 2.44 bits per heavy atom.